The van der Waals surface area contributed by atoms with Gasteiger partial charge in [0.2, 0.25) is 5.91 Å². The molecule has 0 unspecified atom stereocenters. The molecule has 0 bridgehead atoms. The molecule has 3 aromatic rings. The number of benzene rings is 2. The number of aryl methyl sites for hydroxylation is 1. The van der Waals surface area contributed by atoms with Gasteiger partial charge >= 0.3 is 5.76 Å². The normalized spacial score (nSPS) is 14.3. The predicted molar refractivity (Wildman–Crippen MR) is 108 cm³/mol. The zero-order chi connectivity index (χ0) is 20.4. The van der Waals surface area contributed by atoms with E-state index < -0.39 is 5.76 Å². The molecule has 0 aliphatic carbocycles. The van der Waals surface area contributed by atoms with Gasteiger partial charge in [-0.15, -0.1) is 0 Å². The lowest BCUT2D eigenvalue weighted by Gasteiger charge is -2.36. The fourth-order valence-corrected chi connectivity index (χ4v) is 3.45. The molecule has 2 aromatic carbocycles. The molecule has 0 spiro atoms. The number of anilines is 1. The van der Waals surface area contributed by atoms with Gasteiger partial charge in [0.05, 0.1) is 6.20 Å². The lowest BCUT2D eigenvalue weighted by Crippen LogP contribution is -2.50. The largest absolute Gasteiger partial charge is 0.419 e. The van der Waals surface area contributed by atoms with Crippen molar-refractivity contribution < 1.29 is 13.6 Å². The van der Waals surface area contributed by atoms with E-state index in [2.05, 4.69) is 36.1 Å². The van der Waals surface area contributed by atoms with Gasteiger partial charge in [-0.2, -0.15) is 0 Å². The molecular weight excluding hydrogens is 373 g/mol. The van der Waals surface area contributed by atoms with Crippen molar-refractivity contribution in [3.05, 3.63) is 76.7 Å². The predicted octanol–water partition coefficient (Wildman–Crippen LogP) is 2.90. The van der Waals surface area contributed by atoms with Crippen LogP contribution in [-0.2, 0) is 11.3 Å². The quantitative estimate of drug-likeness (QED) is 0.682. The second-order valence-electron chi connectivity index (χ2n) is 7.20. The van der Waals surface area contributed by atoms with E-state index >= 15 is 0 Å². The van der Waals surface area contributed by atoms with Gasteiger partial charge in [-0.1, -0.05) is 17.7 Å². The van der Waals surface area contributed by atoms with Gasteiger partial charge in [0.15, 0.2) is 5.76 Å². The van der Waals surface area contributed by atoms with E-state index in [1.807, 2.05) is 0 Å². The average molecular weight is 395 g/mol. The summed E-state index contributed by atoms with van der Waals surface area (Å²) >= 11 is 0. The third-order valence-corrected chi connectivity index (χ3v) is 5.17. The van der Waals surface area contributed by atoms with Crippen molar-refractivity contribution in [3.63, 3.8) is 0 Å². The van der Waals surface area contributed by atoms with Crippen molar-refractivity contribution in [2.24, 2.45) is 0 Å². The van der Waals surface area contributed by atoms with Crippen LogP contribution in [0.3, 0.4) is 0 Å². The van der Waals surface area contributed by atoms with Gasteiger partial charge in [-0.3, -0.25) is 9.36 Å². The fraction of sp³-hybridized carbons (Fsp3) is 0.273. The Morgan fingerprint density at radius 3 is 2.31 bits per heavy atom. The standard InChI is InChI=1S/C22H22FN3O3/c1-16-2-8-19(9-3-16)24-10-12-25(13-11-24)21(27)15-26-14-20(29-22(26)28)17-4-6-18(23)7-5-17/h2-9,14H,10-13,15H2,1H3. The van der Waals surface area contributed by atoms with Crippen LogP contribution in [0.15, 0.2) is 63.9 Å². The van der Waals surface area contributed by atoms with Crippen molar-refractivity contribution in [2.45, 2.75) is 13.5 Å². The summed E-state index contributed by atoms with van der Waals surface area (Å²) in [6.07, 6.45) is 1.50. The molecule has 0 radical (unpaired) electrons. The molecule has 1 aliphatic rings. The molecule has 7 heteroatoms. The summed E-state index contributed by atoms with van der Waals surface area (Å²) in [7, 11) is 0. The van der Waals surface area contributed by atoms with Crippen molar-refractivity contribution in [1.29, 1.82) is 0 Å². The summed E-state index contributed by atoms with van der Waals surface area (Å²) in [5, 5.41) is 0. The fourth-order valence-electron chi connectivity index (χ4n) is 3.45. The van der Waals surface area contributed by atoms with E-state index in [0.717, 1.165) is 18.8 Å². The zero-order valence-corrected chi connectivity index (χ0v) is 16.2. The van der Waals surface area contributed by atoms with Crippen molar-refractivity contribution in [3.8, 4) is 11.3 Å². The second-order valence-corrected chi connectivity index (χ2v) is 7.20. The molecule has 1 aromatic heterocycles. The smallest absolute Gasteiger partial charge is 0.408 e. The molecule has 0 atom stereocenters. The van der Waals surface area contributed by atoms with Crippen LogP contribution in [0.25, 0.3) is 11.3 Å². The minimum Gasteiger partial charge on any atom is -0.408 e. The summed E-state index contributed by atoms with van der Waals surface area (Å²) in [4.78, 5) is 28.8. The highest BCUT2D eigenvalue weighted by molar-refractivity contribution is 5.76. The van der Waals surface area contributed by atoms with Crippen molar-refractivity contribution in [1.82, 2.24) is 9.47 Å². The first-order chi connectivity index (χ1) is 14.0. The van der Waals surface area contributed by atoms with E-state index in [9.17, 15) is 14.0 Å². The van der Waals surface area contributed by atoms with E-state index in [-0.39, 0.29) is 18.3 Å². The Balaban J connectivity index is 1.38. The first-order valence-corrected chi connectivity index (χ1v) is 9.55. The molecule has 4 rings (SSSR count). The molecule has 0 N–H and O–H groups in total. The van der Waals surface area contributed by atoms with Crippen LogP contribution < -0.4 is 10.7 Å². The second kappa shape index (κ2) is 7.95. The van der Waals surface area contributed by atoms with E-state index in [0.29, 0.717) is 24.4 Å². The van der Waals surface area contributed by atoms with Crippen LogP contribution in [0.1, 0.15) is 5.56 Å². The average Bonchev–Trinajstić information content (AvgIpc) is 3.09. The number of carbonyl (C=O) groups is 1. The third kappa shape index (κ3) is 4.23. The monoisotopic (exact) mass is 395 g/mol. The number of piperazine rings is 1. The number of amides is 1. The highest BCUT2D eigenvalue weighted by Crippen LogP contribution is 2.19. The maximum absolute atomic E-state index is 13.1. The lowest BCUT2D eigenvalue weighted by atomic mass is 10.2. The number of nitrogens with zero attached hydrogens (tertiary/aromatic N) is 3. The Hall–Kier alpha value is -3.35. The number of aromatic nitrogens is 1. The van der Waals surface area contributed by atoms with Crippen molar-refractivity contribution >= 4 is 11.6 Å². The van der Waals surface area contributed by atoms with Crippen LogP contribution in [0, 0.1) is 12.7 Å². The van der Waals surface area contributed by atoms with Gasteiger partial charge < -0.3 is 14.2 Å². The Kier molecular flexibility index (Phi) is 5.20. The molecule has 150 valence electrons. The molecule has 1 aliphatic heterocycles. The van der Waals surface area contributed by atoms with E-state index in [4.69, 9.17) is 4.42 Å². The number of hydrogen-bond donors (Lipinski definition) is 0. The van der Waals surface area contributed by atoms with Gasteiger partial charge in [-0.25, -0.2) is 9.18 Å². The van der Waals surface area contributed by atoms with Crippen LogP contribution in [0.4, 0.5) is 10.1 Å². The summed E-state index contributed by atoms with van der Waals surface area (Å²) < 4.78 is 19.5. The summed E-state index contributed by atoms with van der Waals surface area (Å²) in [5.41, 5.74) is 2.95. The van der Waals surface area contributed by atoms with Crippen LogP contribution in [-0.4, -0.2) is 41.6 Å². The maximum atomic E-state index is 13.1. The minimum atomic E-state index is -0.601. The molecule has 29 heavy (non-hydrogen) atoms. The first-order valence-electron chi connectivity index (χ1n) is 9.55. The van der Waals surface area contributed by atoms with E-state index in [1.165, 1.54) is 40.6 Å². The van der Waals surface area contributed by atoms with Crippen molar-refractivity contribution in [2.75, 3.05) is 31.1 Å². The molecule has 2 heterocycles. The molecule has 6 nitrogen and oxygen atoms in total. The van der Waals surface area contributed by atoms with Gasteiger partial charge in [-0.05, 0) is 43.3 Å². The first kappa shape index (κ1) is 19.0. The number of hydrogen-bond acceptors (Lipinski definition) is 4. The third-order valence-electron chi connectivity index (χ3n) is 5.17. The Labute approximate surface area is 167 Å². The summed E-state index contributed by atoms with van der Waals surface area (Å²) in [6, 6.07) is 14.0. The maximum Gasteiger partial charge on any atom is 0.419 e. The Morgan fingerprint density at radius 1 is 1.00 bits per heavy atom. The highest BCUT2D eigenvalue weighted by Gasteiger charge is 2.22. The number of carbonyl (C=O) groups excluding carboxylic acids is 1. The Morgan fingerprint density at radius 2 is 1.66 bits per heavy atom. The number of rotatable bonds is 4. The topological polar surface area (TPSA) is 58.7 Å². The van der Waals surface area contributed by atoms with Gasteiger partial charge in [0, 0.05) is 37.4 Å². The molecule has 0 saturated carbocycles. The minimum absolute atomic E-state index is 0.0753. The molecule has 1 fully saturated rings. The van der Waals surface area contributed by atoms with E-state index in [1.54, 1.807) is 4.90 Å². The molecular formula is C22H22FN3O3. The highest BCUT2D eigenvalue weighted by atomic mass is 19.1. The Bertz CT molecular complexity index is 1050. The van der Waals surface area contributed by atoms with Crippen LogP contribution in [0.5, 0.6) is 0 Å². The van der Waals surface area contributed by atoms with Gasteiger partial charge in [0.25, 0.3) is 0 Å². The molecule has 1 amide bonds. The van der Waals surface area contributed by atoms with Gasteiger partial charge in [0.1, 0.15) is 12.4 Å². The van der Waals surface area contributed by atoms with Crippen LogP contribution in [0.2, 0.25) is 0 Å². The summed E-state index contributed by atoms with van der Waals surface area (Å²) in [6.45, 7) is 4.67. The number of halogens is 1. The SMILES string of the molecule is Cc1ccc(N2CCN(C(=O)Cn3cc(-c4ccc(F)cc4)oc3=O)CC2)cc1. The zero-order valence-electron chi connectivity index (χ0n) is 16.2. The molecule has 1 saturated heterocycles. The summed E-state index contributed by atoms with van der Waals surface area (Å²) in [5.74, 6) is -0.777. The lowest BCUT2D eigenvalue weighted by molar-refractivity contribution is -0.132. The van der Waals surface area contributed by atoms with Crippen LogP contribution >= 0.6 is 0 Å². The number of oxazole rings is 1.